The van der Waals surface area contributed by atoms with E-state index in [1.807, 2.05) is 19.9 Å². The third-order valence-corrected chi connectivity index (χ3v) is 3.69. The standard InChI is InChI=1S/C12H14FNOS/c1-9(2)7-16(15)8-11-5-12(13)4-3-10(11)6-14/h3-5,9H,7-8H2,1-2H3. The molecule has 4 heteroatoms. The van der Waals surface area contributed by atoms with E-state index in [2.05, 4.69) is 0 Å². The third kappa shape index (κ3) is 3.74. The largest absolute Gasteiger partial charge is 0.259 e. The monoisotopic (exact) mass is 239 g/mol. The minimum absolute atomic E-state index is 0.249. The highest BCUT2D eigenvalue weighted by Crippen LogP contribution is 2.13. The molecule has 86 valence electrons. The van der Waals surface area contributed by atoms with Crippen LogP contribution in [0.5, 0.6) is 0 Å². The quantitative estimate of drug-likeness (QED) is 0.810. The second kappa shape index (κ2) is 5.76. The van der Waals surface area contributed by atoms with Gasteiger partial charge in [0.2, 0.25) is 0 Å². The number of benzene rings is 1. The van der Waals surface area contributed by atoms with E-state index in [1.165, 1.54) is 18.2 Å². The van der Waals surface area contributed by atoms with Gasteiger partial charge in [-0.05, 0) is 29.7 Å². The summed E-state index contributed by atoms with van der Waals surface area (Å²) in [7, 11) is -1.04. The maximum Gasteiger partial charge on any atom is 0.123 e. The average Bonchev–Trinajstić information content (AvgIpc) is 2.16. The van der Waals surface area contributed by atoms with E-state index in [1.54, 1.807) is 0 Å². The van der Waals surface area contributed by atoms with Crippen molar-refractivity contribution in [3.63, 3.8) is 0 Å². The second-order valence-electron chi connectivity index (χ2n) is 4.06. The molecule has 0 N–H and O–H groups in total. The lowest BCUT2D eigenvalue weighted by atomic mass is 10.1. The van der Waals surface area contributed by atoms with Gasteiger partial charge < -0.3 is 0 Å². The van der Waals surface area contributed by atoms with Crippen molar-refractivity contribution in [1.29, 1.82) is 5.26 Å². The minimum Gasteiger partial charge on any atom is -0.259 e. The van der Waals surface area contributed by atoms with E-state index in [9.17, 15) is 8.60 Å². The minimum atomic E-state index is -1.04. The van der Waals surface area contributed by atoms with Gasteiger partial charge in [-0.2, -0.15) is 5.26 Å². The Morgan fingerprint density at radius 2 is 2.19 bits per heavy atom. The Kier molecular flexibility index (Phi) is 4.63. The third-order valence-electron chi connectivity index (χ3n) is 2.02. The summed E-state index contributed by atoms with van der Waals surface area (Å²) in [5.74, 6) is 0.760. The van der Waals surface area contributed by atoms with Crippen LogP contribution in [0.2, 0.25) is 0 Å². The first-order chi connectivity index (χ1) is 7.52. The van der Waals surface area contributed by atoms with Gasteiger partial charge in [0, 0.05) is 22.3 Å². The predicted molar refractivity (Wildman–Crippen MR) is 62.7 cm³/mol. The van der Waals surface area contributed by atoms with Gasteiger partial charge >= 0.3 is 0 Å². The number of nitriles is 1. The van der Waals surface area contributed by atoms with Crippen LogP contribution in [0.1, 0.15) is 25.0 Å². The van der Waals surface area contributed by atoms with Crippen molar-refractivity contribution in [2.75, 3.05) is 5.75 Å². The lowest BCUT2D eigenvalue weighted by Crippen LogP contribution is -2.07. The fourth-order valence-corrected chi connectivity index (χ4v) is 2.84. The first-order valence-corrected chi connectivity index (χ1v) is 6.55. The normalized spacial score (nSPS) is 12.4. The Morgan fingerprint density at radius 1 is 1.50 bits per heavy atom. The molecule has 1 aromatic carbocycles. The van der Waals surface area contributed by atoms with Gasteiger partial charge in [-0.1, -0.05) is 13.8 Å². The molecule has 0 bridgehead atoms. The Morgan fingerprint density at radius 3 is 2.75 bits per heavy atom. The Hall–Kier alpha value is -1.21. The fraction of sp³-hybridized carbons (Fsp3) is 0.417. The molecule has 0 amide bonds. The average molecular weight is 239 g/mol. The van der Waals surface area contributed by atoms with E-state index >= 15 is 0 Å². The summed E-state index contributed by atoms with van der Waals surface area (Å²) in [4.78, 5) is 0. The van der Waals surface area contributed by atoms with Crippen molar-refractivity contribution in [2.24, 2.45) is 5.92 Å². The van der Waals surface area contributed by atoms with Gasteiger partial charge in [-0.25, -0.2) is 4.39 Å². The number of nitrogens with zero attached hydrogens (tertiary/aromatic N) is 1. The van der Waals surface area contributed by atoms with Crippen molar-refractivity contribution >= 4 is 10.8 Å². The molecule has 16 heavy (non-hydrogen) atoms. The van der Waals surface area contributed by atoms with Gasteiger partial charge in [0.15, 0.2) is 0 Å². The van der Waals surface area contributed by atoms with Crippen LogP contribution in [0.15, 0.2) is 18.2 Å². The van der Waals surface area contributed by atoms with Crippen molar-refractivity contribution in [3.8, 4) is 6.07 Å². The summed E-state index contributed by atoms with van der Waals surface area (Å²) in [6, 6.07) is 5.94. The van der Waals surface area contributed by atoms with E-state index in [-0.39, 0.29) is 5.75 Å². The van der Waals surface area contributed by atoms with Crippen LogP contribution in [-0.4, -0.2) is 9.96 Å². The molecule has 1 aromatic rings. The van der Waals surface area contributed by atoms with Crippen LogP contribution in [0, 0.1) is 23.1 Å². The molecule has 1 atom stereocenters. The summed E-state index contributed by atoms with van der Waals surface area (Å²) in [6.45, 7) is 3.96. The lowest BCUT2D eigenvalue weighted by Gasteiger charge is -2.06. The van der Waals surface area contributed by atoms with E-state index < -0.39 is 16.6 Å². The van der Waals surface area contributed by atoms with Crippen LogP contribution >= 0.6 is 0 Å². The van der Waals surface area contributed by atoms with Gasteiger partial charge in [0.1, 0.15) is 5.82 Å². The number of rotatable bonds is 4. The van der Waals surface area contributed by atoms with Crippen LogP contribution in [-0.2, 0) is 16.6 Å². The molecule has 0 fully saturated rings. The topological polar surface area (TPSA) is 40.9 Å². The lowest BCUT2D eigenvalue weighted by molar-refractivity contribution is 0.626. The van der Waals surface area contributed by atoms with Crippen molar-refractivity contribution in [3.05, 3.63) is 35.1 Å². The predicted octanol–water partition coefficient (Wildman–Crippen LogP) is 2.60. The molecule has 1 rings (SSSR count). The molecule has 0 aliphatic heterocycles. The summed E-state index contributed by atoms with van der Waals surface area (Å²) >= 11 is 0. The summed E-state index contributed by atoms with van der Waals surface area (Å²) in [6.07, 6.45) is 0. The van der Waals surface area contributed by atoms with Crippen LogP contribution < -0.4 is 0 Å². The highest BCUT2D eigenvalue weighted by atomic mass is 32.2. The van der Waals surface area contributed by atoms with Gasteiger partial charge in [-0.15, -0.1) is 0 Å². The number of halogens is 1. The molecule has 0 aliphatic rings. The van der Waals surface area contributed by atoms with Crippen LogP contribution in [0.4, 0.5) is 4.39 Å². The number of hydrogen-bond donors (Lipinski definition) is 0. The molecule has 2 nitrogen and oxygen atoms in total. The van der Waals surface area contributed by atoms with Gasteiger partial charge in [0.05, 0.1) is 11.6 Å². The number of hydrogen-bond acceptors (Lipinski definition) is 2. The van der Waals surface area contributed by atoms with E-state index in [4.69, 9.17) is 5.26 Å². The molecule has 0 heterocycles. The molecule has 0 radical (unpaired) electrons. The van der Waals surface area contributed by atoms with Crippen molar-refractivity contribution < 1.29 is 8.60 Å². The maximum absolute atomic E-state index is 13.0. The summed E-state index contributed by atoms with van der Waals surface area (Å²) in [5, 5.41) is 8.83. The summed E-state index contributed by atoms with van der Waals surface area (Å²) in [5.41, 5.74) is 0.931. The molecule has 0 spiro atoms. The maximum atomic E-state index is 13.0. The zero-order chi connectivity index (χ0) is 12.1. The first kappa shape index (κ1) is 12.9. The summed E-state index contributed by atoms with van der Waals surface area (Å²) < 4.78 is 24.7. The fourth-order valence-electron chi connectivity index (χ4n) is 1.39. The van der Waals surface area contributed by atoms with Crippen LogP contribution in [0.3, 0.4) is 0 Å². The molecule has 1 unspecified atom stereocenters. The van der Waals surface area contributed by atoms with Crippen LogP contribution in [0.25, 0.3) is 0 Å². The second-order valence-corrected chi connectivity index (χ2v) is 5.56. The van der Waals surface area contributed by atoms with Gasteiger partial charge in [0.25, 0.3) is 0 Å². The highest BCUT2D eigenvalue weighted by molar-refractivity contribution is 7.84. The molecule has 0 saturated carbocycles. The zero-order valence-corrected chi connectivity index (χ0v) is 10.2. The van der Waals surface area contributed by atoms with Gasteiger partial charge in [-0.3, -0.25) is 4.21 Å². The Balaban J connectivity index is 2.84. The molecule has 0 aromatic heterocycles. The van der Waals surface area contributed by atoms with E-state index in [0.29, 0.717) is 22.8 Å². The molecular formula is C12H14FNOS. The first-order valence-electron chi connectivity index (χ1n) is 5.06. The molecule has 0 aliphatic carbocycles. The Bertz CT molecular complexity index is 437. The zero-order valence-electron chi connectivity index (χ0n) is 9.37. The Labute approximate surface area is 97.6 Å². The molecular weight excluding hydrogens is 225 g/mol. The SMILES string of the molecule is CC(C)CS(=O)Cc1cc(F)ccc1C#N. The van der Waals surface area contributed by atoms with Crippen molar-refractivity contribution in [1.82, 2.24) is 0 Å². The van der Waals surface area contributed by atoms with E-state index in [0.717, 1.165) is 0 Å². The smallest absolute Gasteiger partial charge is 0.123 e. The molecule has 0 saturated heterocycles. The highest BCUT2D eigenvalue weighted by Gasteiger charge is 2.09. The van der Waals surface area contributed by atoms with Crippen molar-refractivity contribution in [2.45, 2.75) is 19.6 Å².